The summed E-state index contributed by atoms with van der Waals surface area (Å²) in [5.74, 6) is -0.194. The smallest absolute Gasteiger partial charge is 0.677 e. The van der Waals surface area contributed by atoms with Crippen LogP contribution in [0.25, 0.3) is 5.73 Å². The second-order valence-electron chi connectivity index (χ2n) is 7.13. The molecule has 0 aliphatic carbocycles. The van der Waals surface area contributed by atoms with Gasteiger partial charge in [0.05, 0.1) is 12.4 Å². The van der Waals surface area contributed by atoms with Crippen LogP contribution in [0.15, 0.2) is 12.2 Å². The van der Waals surface area contributed by atoms with Gasteiger partial charge in [0.1, 0.15) is 0 Å². The molecule has 0 aliphatic heterocycles. The zero-order valence-electron chi connectivity index (χ0n) is 18.0. The number of rotatable bonds is 20. The first-order valence-corrected chi connectivity index (χ1v) is 12.4. The maximum absolute atomic E-state index is 11.3. The summed E-state index contributed by atoms with van der Waals surface area (Å²) < 4.78 is 27.3. The minimum absolute atomic E-state index is 0. The number of allylic oxidation sites excluding steroid dienone is 2. The zero-order chi connectivity index (χ0) is 19.3. The zero-order valence-corrected chi connectivity index (χ0v) is 20.8. The predicted octanol–water partition coefficient (Wildman–Crippen LogP) is 3.82. The second kappa shape index (κ2) is 22.9. The van der Waals surface area contributed by atoms with Crippen molar-refractivity contribution in [2.45, 2.75) is 103 Å². The molecule has 0 radical (unpaired) electrons. The molecule has 0 aliphatic rings. The first-order valence-electron chi connectivity index (χ1n) is 10.8. The minimum Gasteiger partial charge on any atom is -0.677 e. The van der Waals surface area contributed by atoms with Crippen LogP contribution in [-0.4, -0.2) is 27.3 Å². The molecule has 0 aromatic rings. The quantitative estimate of drug-likeness (QED) is 0.132. The van der Waals surface area contributed by atoms with E-state index in [2.05, 4.69) is 19.1 Å². The molecule has 0 saturated carbocycles. The second-order valence-corrected chi connectivity index (χ2v) is 8.88. The maximum Gasteiger partial charge on any atom is 1.00 e. The fourth-order valence-electron chi connectivity index (χ4n) is 2.90. The van der Waals surface area contributed by atoms with Crippen LogP contribution in [0.1, 0.15) is 103 Å². The van der Waals surface area contributed by atoms with Crippen LogP contribution in [0.3, 0.4) is 0 Å². The Labute approximate surface area is 191 Å². The number of hydrogen-bond donors (Lipinski definition) is 0. The molecule has 0 spiro atoms. The van der Waals surface area contributed by atoms with Crippen molar-refractivity contribution in [3.8, 4) is 0 Å². The number of nitrogens with one attached hydrogen (secondary N) is 1. The Morgan fingerprint density at radius 3 is 1.67 bits per heavy atom. The van der Waals surface area contributed by atoms with Gasteiger partial charge in [0.25, 0.3) is 10.1 Å². The third-order valence-electron chi connectivity index (χ3n) is 4.52. The van der Waals surface area contributed by atoms with Crippen molar-refractivity contribution >= 4 is 10.1 Å². The number of unbranched alkanes of at least 4 members (excludes halogenated alkanes) is 13. The Morgan fingerprint density at radius 1 is 0.741 bits per heavy atom. The molecule has 1 N–H and O–H groups in total. The Morgan fingerprint density at radius 2 is 1.19 bits per heavy atom. The molecule has 0 saturated heterocycles. The van der Waals surface area contributed by atoms with Gasteiger partial charge in [-0.2, -0.15) is 8.42 Å². The van der Waals surface area contributed by atoms with Gasteiger partial charge in [0.15, 0.2) is 0 Å². The van der Waals surface area contributed by atoms with Gasteiger partial charge >= 0.3 is 29.6 Å². The van der Waals surface area contributed by atoms with Crippen LogP contribution in [0, 0.1) is 0 Å². The van der Waals surface area contributed by atoms with Crippen LogP contribution in [0.5, 0.6) is 0 Å². The van der Waals surface area contributed by atoms with Crippen molar-refractivity contribution in [3.63, 3.8) is 0 Å². The fraction of sp³-hybridized carbons (Fsp3) is 0.905. The van der Waals surface area contributed by atoms with Gasteiger partial charge in [-0.05, 0) is 32.1 Å². The molecule has 0 fully saturated rings. The van der Waals surface area contributed by atoms with Gasteiger partial charge in [-0.1, -0.05) is 83.3 Å². The summed E-state index contributed by atoms with van der Waals surface area (Å²) in [5, 5.41) is 0. The van der Waals surface area contributed by atoms with Crippen LogP contribution in [-0.2, 0) is 14.3 Å². The summed E-state index contributed by atoms with van der Waals surface area (Å²) in [7, 11) is -3.45. The van der Waals surface area contributed by atoms with E-state index in [1.54, 1.807) is 0 Å². The van der Waals surface area contributed by atoms with E-state index in [9.17, 15) is 8.42 Å². The SMILES string of the molecule is CCCCCCCC/C=C\CCCCCCCCCOS(=O)(=O)CC[NH-].[Na+]. The molecule has 27 heavy (non-hydrogen) atoms. The van der Waals surface area contributed by atoms with Crippen molar-refractivity contribution < 1.29 is 42.2 Å². The number of hydrogen-bond acceptors (Lipinski definition) is 3. The van der Waals surface area contributed by atoms with Gasteiger partial charge in [-0.3, -0.25) is 4.18 Å². The summed E-state index contributed by atoms with van der Waals surface area (Å²) in [6.07, 6.45) is 23.4. The van der Waals surface area contributed by atoms with Gasteiger partial charge in [0, 0.05) is 0 Å². The van der Waals surface area contributed by atoms with Crippen molar-refractivity contribution in [1.82, 2.24) is 0 Å². The molecule has 0 atom stereocenters. The van der Waals surface area contributed by atoms with E-state index >= 15 is 0 Å². The normalized spacial score (nSPS) is 11.8. The average molecular weight is 412 g/mol. The first kappa shape index (κ1) is 29.8. The molecule has 0 aromatic heterocycles. The van der Waals surface area contributed by atoms with Crippen LogP contribution >= 0.6 is 0 Å². The van der Waals surface area contributed by atoms with E-state index in [0.29, 0.717) is 0 Å². The summed E-state index contributed by atoms with van der Waals surface area (Å²) >= 11 is 0. The molecule has 0 amide bonds. The van der Waals surface area contributed by atoms with Crippen molar-refractivity contribution in [1.29, 1.82) is 0 Å². The van der Waals surface area contributed by atoms with Crippen LogP contribution in [0.4, 0.5) is 0 Å². The van der Waals surface area contributed by atoms with E-state index in [4.69, 9.17) is 9.92 Å². The Balaban J connectivity index is 0. The monoisotopic (exact) mass is 411 g/mol. The standard InChI is InChI=1S/C21H42NO3S.Na/c1-2-3-4-5-6-7-8-9-10-11-12-13-14-15-16-17-18-20-25-26(23,24)21-19-22;/h9-10,22H,2-8,11-21H2,1H3;/q-1;+1/b10-9-;. The molecule has 156 valence electrons. The molecule has 0 rings (SSSR count). The Bertz CT molecular complexity index is 414. The third kappa shape index (κ3) is 24.6. The molecule has 0 unspecified atom stereocenters. The van der Waals surface area contributed by atoms with E-state index in [1.165, 1.54) is 77.0 Å². The maximum atomic E-state index is 11.3. The molecule has 0 bridgehead atoms. The van der Waals surface area contributed by atoms with Gasteiger partial charge in [-0.15, -0.1) is 6.54 Å². The largest absolute Gasteiger partial charge is 1.00 e. The molecule has 0 heterocycles. The topological polar surface area (TPSA) is 67.2 Å². The molecule has 0 aromatic carbocycles. The van der Waals surface area contributed by atoms with E-state index < -0.39 is 10.1 Å². The van der Waals surface area contributed by atoms with Crippen molar-refractivity contribution in [2.24, 2.45) is 0 Å². The summed E-state index contributed by atoms with van der Waals surface area (Å²) in [4.78, 5) is 0. The predicted molar refractivity (Wildman–Crippen MR) is 113 cm³/mol. The van der Waals surface area contributed by atoms with E-state index in [0.717, 1.165) is 19.3 Å². The van der Waals surface area contributed by atoms with E-state index in [1.807, 2.05) is 0 Å². The molecular weight excluding hydrogens is 369 g/mol. The molecule has 6 heteroatoms. The average Bonchev–Trinajstić information content (AvgIpc) is 2.60. The van der Waals surface area contributed by atoms with Gasteiger partial charge < -0.3 is 5.73 Å². The first-order chi connectivity index (χ1) is 12.6. The van der Waals surface area contributed by atoms with Crippen molar-refractivity contribution in [2.75, 3.05) is 18.9 Å². The molecular formula is C21H42NNaO3S. The minimum atomic E-state index is -3.45. The van der Waals surface area contributed by atoms with E-state index in [-0.39, 0.29) is 48.5 Å². The fourth-order valence-corrected chi connectivity index (χ4v) is 3.64. The summed E-state index contributed by atoms with van der Waals surface area (Å²) in [6, 6.07) is 0. The third-order valence-corrected chi connectivity index (χ3v) is 5.75. The Kier molecular flexibility index (Phi) is 25.3. The van der Waals surface area contributed by atoms with Crippen molar-refractivity contribution in [3.05, 3.63) is 17.9 Å². The van der Waals surface area contributed by atoms with Gasteiger partial charge in [-0.25, -0.2) is 0 Å². The Hall–Kier alpha value is 0.610. The van der Waals surface area contributed by atoms with Crippen LogP contribution in [0.2, 0.25) is 0 Å². The summed E-state index contributed by atoms with van der Waals surface area (Å²) in [6.45, 7) is 2.40. The van der Waals surface area contributed by atoms with Gasteiger partial charge in [0.2, 0.25) is 0 Å². The molecule has 4 nitrogen and oxygen atoms in total. The summed E-state index contributed by atoms with van der Waals surface area (Å²) in [5.41, 5.74) is 6.91. The van der Waals surface area contributed by atoms with Crippen LogP contribution < -0.4 is 29.6 Å².